The van der Waals surface area contributed by atoms with Gasteiger partial charge >= 0.3 is 5.97 Å². The number of aryl methyl sites for hydroxylation is 1. The third kappa shape index (κ3) is 12.1. The number of carbonyl (C=O) groups excluding carboxylic acids is 1. The van der Waals surface area contributed by atoms with Gasteiger partial charge in [0.05, 0.1) is 12.2 Å². The van der Waals surface area contributed by atoms with E-state index in [0.717, 1.165) is 43.9 Å². The molecule has 0 saturated heterocycles. The number of ether oxygens (including phenoxy) is 2. The van der Waals surface area contributed by atoms with Gasteiger partial charge in [-0.25, -0.2) is 9.18 Å². The molecule has 3 rings (SSSR count). The van der Waals surface area contributed by atoms with Gasteiger partial charge in [0.2, 0.25) is 5.82 Å². The van der Waals surface area contributed by atoms with Crippen molar-refractivity contribution in [2.24, 2.45) is 11.8 Å². The van der Waals surface area contributed by atoms with Crippen molar-refractivity contribution in [2.45, 2.75) is 136 Å². The molecule has 0 aliphatic heterocycles. The zero-order valence-corrected chi connectivity index (χ0v) is 26.2. The molecule has 0 radical (unpaired) electrons. The zero-order chi connectivity index (χ0) is 30.0. The van der Waals surface area contributed by atoms with Crippen LogP contribution < -0.4 is 9.47 Å². The standard InChI is InChI=1S/C37H54F2O3/c1-3-5-7-8-9-10-14-28-41-34-27-26-33(35(38)36(34)39)37(40)42-32-24-22-31(23-25-32)17-13-12-16-30-20-18-29(19-21-30)15-11-6-4-2/h22-27,29-30H,3-21,28H2,1-2H3/t29-,30-. The van der Waals surface area contributed by atoms with E-state index in [-0.39, 0.29) is 5.75 Å². The molecule has 1 aliphatic rings. The first-order valence-electron chi connectivity index (χ1n) is 16.9. The second kappa shape index (κ2) is 19.7. The summed E-state index contributed by atoms with van der Waals surface area (Å²) in [5, 5.41) is 0. The van der Waals surface area contributed by atoms with Gasteiger partial charge in [-0.05, 0) is 60.9 Å². The average Bonchev–Trinajstić information content (AvgIpc) is 3.00. The fraction of sp³-hybridized carbons (Fsp3) is 0.649. The maximum atomic E-state index is 14.7. The molecule has 0 spiro atoms. The van der Waals surface area contributed by atoms with Gasteiger partial charge in [0.1, 0.15) is 5.75 Å². The van der Waals surface area contributed by atoms with Gasteiger partial charge in [-0.2, -0.15) is 4.39 Å². The number of esters is 1. The molecule has 234 valence electrons. The van der Waals surface area contributed by atoms with Gasteiger partial charge in [-0.15, -0.1) is 0 Å². The van der Waals surface area contributed by atoms with E-state index in [1.54, 1.807) is 12.1 Å². The summed E-state index contributed by atoms with van der Waals surface area (Å²) in [5.74, 6) is -1.30. The zero-order valence-electron chi connectivity index (χ0n) is 26.2. The van der Waals surface area contributed by atoms with Crippen LogP contribution in [0.15, 0.2) is 36.4 Å². The molecule has 0 bridgehead atoms. The van der Waals surface area contributed by atoms with Crippen LogP contribution in [0.4, 0.5) is 8.78 Å². The van der Waals surface area contributed by atoms with Crippen LogP contribution in [0.5, 0.6) is 11.5 Å². The van der Waals surface area contributed by atoms with E-state index in [1.165, 1.54) is 108 Å². The Balaban J connectivity index is 1.34. The fourth-order valence-electron chi connectivity index (χ4n) is 6.18. The summed E-state index contributed by atoms with van der Waals surface area (Å²) in [7, 11) is 0. The van der Waals surface area contributed by atoms with Crippen molar-refractivity contribution in [2.75, 3.05) is 6.61 Å². The van der Waals surface area contributed by atoms with Crippen LogP contribution in [0.1, 0.15) is 145 Å². The Labute approximate surface area is 253 Å². The number of hydrogen-bond donors (Lipinski definition) is 0. The smallest absolute Gasteiger partial charge is 0.346 e. The summed E-state index contributed by atoms with van der Waals surface area (Å²) in [4.78, 5) is 12.6. The lowest BCUT2D eigenvalue weighted by molar-refractivity contribution is 0.0728. The lowest BCUT2D eigenvalue weighted by Gasteiger charge is -2.28. The fourth-order valence-corrected chi connectivity index (χ4v) is 6.18. The highest BCUT2D eigenvalue weighted by Gasteiger charge is 2.22. The predicted molar refractivity (Wildman–Crippen MR) is 168 cm³/mol. The average molecular weight is 585 g/mol. The largest absolute Gasteiger partial charge is 0.490 e. The SMILES string of the molecule is CCCCCCCCCOc1ccc(C(=O)Oc2ccc(CCCC[C@H]3CC[C@H](CCCCC)CC3)cc2)c(F)c1F. The predicted octanol–water partition coefficient (Wildman–Crippen LogP) is 11.4. The van der Waals surface area contributed by atoms with E-state index < -0.39 is 23.2 Å². The van der Waals surface area contributed by atoms with Crippen LogP contribution in [-0.2, 0) is 6.42 Å². The molecule has 0 atom stereocenters. The highest BCUT2D eigenvalue weighted by Crippen LogP contribution is 2.34. The molecule has 0 heterocycles. The Bertz CT molecular complexity index is 1030. The Hall–Kier alpha value is -2.43. The van der Waals surface area contributed by atoms with Gasteiger partial charge in [-0.3, -0.25) is 0 Å². The molecule has 1 fully saturated rings. The van der Waals surface area contributed by atoms with Gasteiger partial charge in [0, 0.05) is 0 Å². The Morgan fingerprint density at radius 1 is 0.690 bits per heavy atom. The molecule has 1 saturated carbocycles. The minimum absolute atomic E-state index is 0.172. The molecular weight excluding hydrogens is 530 g/mol. The van der Waals surface area contributed by atoms with Crippen LogP contribution in [0.25, 0.3) is 0 Å². The Morgan fingerprint density at radius 2 is 1.26 bits per heavy atom. The van der Waals surface area contributed by atoms with Crippen molar-refractivity contribution >= 4 is 5.97 Å². The van der Waals surface area contributed by atoms with Crippen molar-refractivity contribution < 1.29 is 23.0 Å². The maximum Gasteiger partial charge on any atom is 0.346 e. The van der Waals surface area contributed by atoms with Crippen LogP contribution in [0, 0.1) is 23.5 Å². The van der Waals surface area contributed by atoms with Crippen molar-refractivity contribution in [1.82, 2.24) is 0 Å². The van der Waals surface area contributed by atoms with Crippen molar-refractivity contribution in [3.8, 4) is 11.5 Å². The summed E-state index contributed by atoms with van der Waals surface area (Å²) < 4.78 is 40.0. The van der Waals surface area contributed by atoms with E-state index in [2.05, 4.69) is 13.8 Å². The summed E-state index contributed by atoms with van der Waals surface area (Å²) in [6, 6.07) is 9.87. The molecule has 0 amide bonds. The number of unbranched alkanes of at least 4 members (excludes halogenated alkanes) is 9. The lowest BCUT2D eigenvalue weighted by atomic mass is 9.78. The minimum atomic E-state index is -1.24. The monoisotopic (exact) mass is 584 g/mol. The van der Waals surface area contributed by atoms with E-state index >= 15 is 0 Å². The first kappa shape index (κ1) is 34.1. The van der Waals surface area contributed by atoms with E-state index in [1.807, 2.05) is 12.1 Å². The summed E-state index contributed by atoms with van der Waals surface area (Å²) in [5.41, 5.74) is 0.754. The molecule has 5 heteroatoms. The van der Waals surface area contributed by atoms with Gasteiger partial charge < -0.3 is 9.47 Å². The molecule has 1 aliphatic carbocycles. The third-order valence-electron chi connectivity index (χ3n) is 8.92. The van der Waals surface area contributed by atoms with Crippen molar-refractivity contribution in [3.63, 3.8) is 0 Å². The van der Waals surface area contributed by atoms with Crippen LogP contribution in [0.3, 0.4) is 0 Å². The molecular formula is C37H54F2O3. The minimum Gasteiger partial charge on any atom is -0.490 e. The molecule has 2 aromatic carbocycles. The van der Waals surface area contributed by atoms with Gasteiger partial charge in [0.25, 0.3) is 0 Å². The lowest BCUT2D eigenvalue weighted by Crippen LogP contribution is -2.14. The van der Waals surface area contributed by atoms with E-state index in [9.17, 15) is 13.6 Å². The normalized spacial score (nSPS) is 16.9. The first-order chi connectivity index (χ1) is 20.5. The number of hydrogen-bond acceptors (Lipinski definition) is 3. The third-order valence-corrected chi connectivity index (χ3v) is 8.92. The van der Waals surface area contributed by atoms with Crippen LogP contribution in [0.2, 0.25) is 0 Å². The van der Waals surface area contributed by atoms with E-state index in [4.69, 9.17) is 9.47 Å². The maximum absolute atomic E-state index is 14.7. The Kier molecular flexibility index (Phi) is 16.0. The molecule has 42 heavy (non-hydrogen) atoms. The molecule has 0 N–H and O–H groups in total. The second-order valence-electron chi connectivity index (χ2n) is 12.4. The Morgan fingerprint density at radius 3 is 1.90 bits per heavy atom. The van der Waals surface area contributed by atoms with Crippen LogP contribution >= 0.6 is 0 Å². The summed E-state index contributed by atoms with van der Waals surface area (Å²) >= 11 is 0. The van der Waals surface area contributed by atoms with Gasteiger partial charge in [0.15, 0.2) is 11.6 Å². The second-order valence-corrected chi connectivity index (χ2v) is 12.4. The highest BCUT2D eigenvalue weighted by atomic mass is 19.2. The summed E-state index contributed by atoms with van der Waals surface area (Å²) in [6.07, 6.45) is 23.6. The first-order valence-corrected chi connectivity index (χ1v) is 16.9. The molecule has 2 aromatic rings. The highest BCUT2D eigenvalue weighted by molar-refractivity contribution is 5.91. The molecule has 0 unspecified atom stereocenters. The van der Waals surface area contributed by atoms with Crippen LogP contribution in [-0.4, -0.2) is 12.6 Å². The van der Waals surface area contributed by atoms with E-state index in [0.29, 0.717) is 12.4 Å². The molecule has 0 aromatic heterocycles. The number of halogens is 2. The summed E-state index contributed by atoms with van der Waals surface area (Å²) in [6.45, 7) is 4.78. The van der Waals surface area contributed by atoms with Gasteiger partial charge in [-0.1, -0.05) is 129 Å². The quantitative estimate of drug-likeness (QED) is 0.0882. The number of carbonyl (C=O) groups is 1. The van der Waals surface area contributed by atoms with Crippen molar-refractivity contribution in [1.29, 1.82) is 0 Å². The topological polar surface area (TPSA) is 35.5 Å². The number of rotatable bonds is 20. The number of benzene rings is 2. The van der Waals surface area contributed by atoms with Crippen molar-refractivity contribution in [3.05, 3.63) is 59.2 Å². The molecule has 3 nitrogen and oxygen atoms in total.